The van der Waals surface area contributed by atoms with E-state index < -0.39 is 0 Å². The lowest BCUT2D eigenvalue weighted by molar-refractivity contribution is -0.127. The molecule has 1 aliphatic heterocycles. The third kappa shape index (κ3) is 2.46. The summed E-state index contributed by atoms with van der Waals surface area (Å²) in [5, 5.41) is 3.27. The summed E-state index contributed by atoms with van der Waals surface area (Å²) in [6, 6.07) is 4.66. The van der Waals surface area contributed by atoms with E-state index in [1.54, 1.807) is 6.07 Å². The second kappa shape index (κ2) is 5.19. The third-order valence-corrected chi connectivity index (χ3v) is 4.17. The first-order valence-electron chi connectivity index (χ1n) is 6.56. The molecule has 0 saturated carbocycles. The van der Waals surface area contributed by atoms with Crippen LogP contribution in [0, 0.1) is 18.2 Å². The number of benzene rings is 1. The lowest BCUT2D eigenvalue weighted by Gasteiger charge is -2.25. The van der Waals surface area contributed by atoms with E-state index in [-0.39, 0.29) is 17.0 Å². The number of ketones is 1. The average Bonchev–Trinajstić information content (AvgIpc) is 2.82. The number of hydrogen-bond acceptors (Lipinski definition) is 2. The summed E-state index contributed by atoms with van der Waals surface area (Å²) in [6.45, 7) is 5.63. The van der Waals surface area contributed by atoms with E-state index >= 15 is 0 Å². The van der Waals surface area contributed by atoms with Crippen molar-refractivity contribution in [2.75, 3.05) is 13.1 Å². The molecule has 1 fully saturated rings. The molecule has 1 aliphatic rings. The van der Waals surface area contributed by atoms with Gasteiger partial charge in [0.05, 0.1) is 0 Å². The van der Waals surface area contributed by atoms with Crippen LogP contribution in [0.5, 0.6) is 0 Å². The van der Waals surface area contributed by atoms with Crippen molar-refractivity contribution < 1.29 is 9.18 Å². The Balaban J connectivity index is 2.15. The zero-order valence-electron chi connectivity index (χ0n) is 11.1. The SMILES string of the molecule is CCC1(C(=O)Cc2ccc(F)cc2C)CCNC1. The number of aryl methyl sites for hydroxylation is 1. The van der Waals surface area contributed by atoms with Crippen molar-refractivity contribution in [1.29, 1.82) is 0 Å². The smallest absolute Gasteiger partial charge is 0.144 e. The summed E-state index contributed by atoms with van der Waals surface area (Å²) < 4.78 is 13.0. The second-order valence-electron chi connectivity index (χ2n) is 5.23. The van der Waals surface area contributed by atoms with Crippen LogP contribution in [0.1, 0.15) is 30.9 Å². The molecule has 0 aromatic heterocycles. The molecule has 1 aromatic carbocycles. The Labute approximate surface area is 108 Å². The highest BCUT2D eigenvalue weighted by Gasteiger charge is 2.38. The van der Waals surface area contributed by atoms with Gasteiger partial charge in [0, 0.05) is 18.4 Å². The zero-order chi connectivity index (χ0) is 13.2. The molecule has 0 bridgehead atoms. The zero-order valence-corrected chi connectivity index (χ0v) is 11.1. The molecule has 0 aliphatic carbocycles. The quantitative estimate of drug-likeness (QED) is 0.888. The number of nitrogens with one attached hydrogen (secondary N) is 1. The summed E-state index contributed by atoms with van der Waals surface area (Å²) in [6.07, 6.45) is 2.21. The van der Waals surface area contributed by atoms with Gasteiger partial charge in [0.25, 0.3) is 0 Å². The molecule has 1 unspecified atom stereocenters. The van der Waals surface area contributed by atoms with Gasteiger partial charge in [-0.1, -0.05) is 13.0 Å². The number of hydrogen-bond donors (Lipinski definition) is 1. The maximum Gasteiger partial charge on any atom is 0.144 e. The molecule has 1 aromatic rings. The Bertz CT molecular complexity index is 450. The monoisotopic (exact) mass is 249 g/mol. The number of carbonyl (C=O) groups excluding carboxylic acids is 1. The fourth-order valence-electron chi connectivity index (χ4n) is 2.70. The molecule has 2 nitrogen and oxygen atoms in total. The summed E-state index contributed by atoms with van der Waals surface area (Å²) in [7, 11) is 0. The average molecular weight is 249 g/mol. The van der Waals surface area contributed by atoms with Gasteiger partial charge in [0.1, 0.15) is 11.6 Å². The van der Waals surface area contributed by atoms with Crippen LogP contribution in [-0.2, 0) is 11.2 Å². The largest absolute Gasteiger partial charge is 0.316 e. The lowest BCUT2D eigenvalue weighted by atomic mass is 9.77. The first-order valence-corrected chi connectivity index (χ1v) is 6.56. The predicted octanol–water partition coefficient (Wildman–Crippen LogP) is 2.64. The molecule has 3 heteroatoms. The number of rotatable bonds is 4. The molecule has 98 valence electrons. The van der Waals surface area contributed by atoms with E-state index in [0.717, 1.165) is 37.1 Å². The van der Waals surface area contributed by atoms with Crippen LogP contribution in [-0.4, -0.2) is 18.9 Å². The van der Waals surface area contributed by atoms with E-state index in [1.165, 1.54) is 12.1 Å². The minimum absolute atomic E-state index is 0.208. The van der Waals surface area contributed by atoms with E-state index in [1.807, 2.05) is 6.92 Å². The normalized spacial score (nSPS) is 23.3. The molecule has 0 spiro atoms. The third-order valence-electron chi connectivity index (χ3n) is 4.17. The van der Waals surface area contributed by atoms with Crippen LogP contribution < -0.4 is 5.32 Å². The minimum Gasteiger partial charge on any atom is -0.316 e. The van der Waals surface area contributed by atoms with Gasteiger partial charge in [-0.2, -0.15) is 0 Å². The Morgan fingerprint density at radius 2 is 2.28 bits per heavy atom. The molecule has 0 radical (unpaired) electrons. The van der Waals surface area contributed by atoms with Crippen molar-refractivity contribution in [2.24, 2.45) is 5.41 Å². The highest BCUT2D eigenvalue weighted by Crippen LogP contribution is 2.32. The second-order valence-corrected chi connectivity index (χ2v) is 5.23. The Morgan fingerprint density at radius 1 is 1.50 bits per heavy atom. The molecule has 18 heavy (non-hydrogen) atoms. The van der Waals surface area contributed by atoms with Gasteiger partial charge < -0.3 is 5.32 Å². The van der Waals surface area contributed by atoms with Gasteiger partial charge >= 0.3 is 0 Å². The van der Waals surface area contributed by atoms with E-state index in [9.17, 15) is 9.18 Å². The van der Waals surface area contributed by atoms with Crippen LogP contribution in [0.2, 0.25) is 0 Å². The van der Waals surface area contributed by atoms with Crippen LogP contribution in [0.15, 0.2) is 18.2 Å². The van der Waals surface area contributed by atoms with Gasteiger partial charge in [0.15, 0.2) is 0 Å². The van der Waals surface area contributed by atoms with Crippen LogP contribution in [0.3, 0.4) is 0 Å². The van der Waals surface area contributed by atoms with Crippen LogP contribution >= 0.6 is 0 Å². The Morgan fingerprint density at radius 3 is 2.83 bits per heavy atom. The van der Waals surface area contributed by atoms with Gasteiger partial charge in [-0.05, 0) is 49.6 Å². The molecule has 1 saturated heterocycles. The first kappa shape index (κ1) is 13.2. The van der Waals surface area contributed by atoms with Crippen LogP contribution in [0.25, 0.3) is 0 Å². The van der Waals surface area contributed by atoms with Gasteiger partial charge in [-0.3, -0.25) is 4.79 Å². The standard InChI is InChI=1S/C15H20FNO/c1-3-15(6-7-17-10-15)14(18)9-12-4-5-13(16)8-11(12)2/h4-5,8,17H,3,6-7,9-10H2,1-2H3. The molecular weight excluding hydrogens is 229 g/mol. The number of carbonyl (C=O) groups is 1. The van der Waals surface area contributed by atoms with Crippen LogP contribution in [0.4, 0.5) is 4.39 Å². The Hall–Kier alpha value is -1.22. The fourth-order valence-corrected chi connectivity index (χ4v) is 2.70. The van der Waals surface area contributed by atoms with Crippen molar-refractivity contribution in [3.05, 3.63) is 35.1 Å². The van der Waals surface area contributed by atoms with Gasteiger partial charge in [-0.15, -0.1) is 0 Å². The number of Topliss-reactive ketones (excluding diaryl/α,β-unsaturated/α-hetero) is 1. The maximum absolute atomic E-state index is 13.0. The minimum atomic E-state index is -0.239. The van der Waals surface area contributed by atoms with Gasteiger partial charge in [-0.25, -0.2) is 4.39 Å². The topological polar surface area (TPSA) is 29.1 Å². The fraction of sp³-hybridized carbons (Fsp3) is 0.533. The Kier molecular flexibility index (Phi) is 3.81. The maximum atomic E-state index is 13.0. The predicted molar refractivity (Wildman–Crippen MR) is 70.1 cm³/mol. The summed E-state index contributed by atoms with van der Waals surface area (Å²) in [5.74, 6) is 0.0427. The van der Waals surface area contributed by atoms with E-state index in [4.69, 9.17) is 0 Å². The molecule has 1 N–H and O–H groups in total. The number of halogens is 1. The van der Waals surface area contributed by atoms with Crippen molar-refractivity contribution >= 4 is 5.78 Å². The van der Waals surface area contributed by atoms with Crippen molar-refractivity contribution in [2.45, 2.75) is 33.1 Å². The highest BCUT2D eigenvalue weighted by atomic mass is 19.1. The molecular formula is C15H20FNO. The van der Waals surface area contributed by atoms with Crippen molar-refractivity contribution in [3.8, 4) is 0 Å². The first-order chi connectivity index (χ1) is 8.57. The van der Waals surface area contributed by atoms with Crippen molar-refractivity contribution in [1.82, 2.24) is 5.32 Å². The van der Waals surface area contributed by atoms with Gasteiger partial charge in [0.2, 0.25) is 0 Å². The summed E-state index contributed by atoms with van der Waals surface area (Å²) in [4.78, 5) is 12.5. The molecule has 1 atom stereocenters. The molecule has 1 heterocycles. The molecule has 0 amide bonds. The van der Waals surface area contributed by atoms with E-state index in [0.29, 0.717) is 6.42 Å². The van der Waals surface area contributed by atoms with Crippen molar-refractivity contribution in [3.63, 3.8) is 0 Å². The highest BCUT2D eigenvalue weighted by molar-refractivity contribution is 5.87. The summed E-state index contributed by atoms with van der Waals surface area (Å²) in [5.41, 5.74) is 1.60. The lowest BCUT2D eigenvalue weighted by Crippen LogP contribution is -2.34. The van der Waals surface area contributed by atoms with E-state index in [2.05, 4.69) is 12.2 Å². The summed E-state index contributed by atoms with van der Waals surface area (Å²) >= 11 is 0. The molecule has 2 rings (SSSR count).